The van der Waals surface area contributed by atoms with Crippen molar-refractivity contribution >= 4 is 41.9 Å². The van der Waals surface area contributed by atoms with Gasteiger partial charge < -0.3 is 9.29 Å². The van der Waals surface area contributed by atoms with Crippen molar-refractivity contribution in [1.29, 1.82) is 0 Å². The van der Waals surface area contributed by atoms with Gasteiger partial charge in [0.05, 0.1) is 0 Å². The largest absolute Gasteiger partial charge is 0.507 e. The van der Waals surface area contributed by atoms with Crippen molar-refractivity contribution in [3.05, 3.63) is 291 Å². The molecular formula is C82H49F19N6O6S2. The van der Waals surface area contributed by atoms with Crippen LogP contribution in [0.15, 0.2) is 291 Å². The molecular weight excluding hydrogens is 1590 g/mol. The van der Waals surface area contributed by atoms with Crippen LogP contribution in [0.5, 0.6) is 11.5 Å². The van der Waals surface area contributed by atoms with Crippen molar-refractivity contribution in [3.63, 3.8) is 0 Å². The third kappa shape index (κ3) is 16.2. The van der Waals surface area contributed by atoms with E-state index in [4.69, 9.17) is 24.9 Å². The number of hydrogen-bond acceptors (Lipinski definition) is 12. The van der Waals surface area contributed by atoms with E-state index >= 15 is 0 Å². The number of aromatic nitrogens is 6. The normalized spacial score (nSPS) is 12.7. The highest BCUT2D eigenvalue weighted by Crippen LogP contribution is 2.57. The molecule has 0 radical (unpaired) electrons. The van der Waals surface area contributed by atoms with Crippen LogP contribution in [-0.2, 0) is 20.3 Å². The number of benzene rings is 12. The first-order valence-corrected chi connectivity index (χ1v) is 36.1. The summed E-state index contributed by atoms with van der Waals surface area (Å²) in [5.41, 5.74) is 10.0. The molecule has 12 aromatic carbocycles. The molecule has 0 bridgehead atoms. The molecule has 588 valence electrons. The van der Waals surface area contributed by atoms with E-state index in [0.717, 1.165) is 73.0 Å². The Labute approximate surface area is 639 Å². The number of halogens is 19. The van der Waals surface area contributed by atoms with Gasteiger partial charge in [-0.25, -0.2) is 29.9 Å². The third-order valence-electron chi connectivity index (χ3n) is 17.5. The SMILES string of the molecule is O=S(=O)(F)C(F)(F)C(F)(F)C(F)(F)C(F)(F)F.O=S(=O)(Oc1ccc2ccccc2c1-c1ccc(-c2nc(-c3ccccc3)nc(-c3cccc(-c4ccccc4)c3)n2)cc1)C(F)(F)C(F)(F)C(F)(F)C(F)(F)F.Oc1ccc2ccccc2c1-c1ccc(-c2nc(-c3ccccc3)nc(-c3cccc(-c4ccccc4)c3)n2)cc1. The number of rotatable bonds is 18. The zero-order valence-electron chi connectivity index (χ0n) is 57.9. The van der Waals surface area contributed by atoms with E-state index in [1.807, 2.05) is 170 Å². The van der Waals surface area contributed by atoms with Gasteiger partial charge in [-0.1, -0.05) is 271 Å². The summed E-state index contributed by atoms with van der Waals surface area (Å²) in [5.74, 6) is -28.0. The van der Waals surface area contributed by atoms with E-state index in [2.05, 4.69) is 39.5 Å². The lowest BCUT2D eigenvalue weighted by Gasteiger charge is -2.32. The van der Waals surface area contributed by atoms with Crippen LogP contribution in [0.25, 0.3) is 134 Å². The molecule has 0 atom stereocenters. The van der Waals surface area contributed by atoms with E-state index in [1.54, 1.807) is 36.4 Å². The molecule has 1 N–H and O–H groups in total. The van der Waals surface area contributed by atoms with Gasteiger partial charge in [0.25, 0.3) is 0 Å². The summed E-state index contributed by atoms with van der Waals surface area (Å²) in [6.45, 7) is 0. The molecule has 14 rings (SSSR count). The summed E-state index contributed by atoms with van der Waals surface area (Å²) < 4.78 is 290. The summed E-state index contributed by atoms with van der Waals surface area (Å²) in [7, 11) is -14.9. The molecule has 12 nitrogen and oxygen atoms in total. The monoisotopic (exact) mass is 1640 g/mol. The first-order chi connectivity index (χ1) is 54.1. The van der Waals surface area contributed by atoms with Gasteiger partial charge in [-0.3, -0.25) is 0 Å². The lowest BCUT2D eigenvalue weighted by molar-refractivity contribution is -0.382. The number of alkyl halides is 18. The summed E-state index contributed by atoms with van der Waals surface area (Å²) in [4.78, 5) is 28.8. The second kappa shape index (κ2) is 31.4. The van der Waals surface area contributed by atoms with Crippen LogP contribution in [-0.4, -0.2) is 98.4 Å². The van der Waals surface area contributed by atoms with Gasteiger partial charge in [-0.05, 0) is 79.2 Å². The highest BCUT2D eigenvalue weighted by atomic mass is 32.3. The Kier molecular flexibility index (Phi) is 22.3. The molecule has 0 aliphatic carbocycles. The highest BCUT2D eigenvalue weighted by Gasteiger charge is 2.87. The average Bonchev–Trinajstić information content (AvgIpc) is 0.725. The number of nitrogens with zero attached hydrogens (tertiary/aromatic N) is 6. The third-order valence-corrected chi connectivity index (χ3v) is 19.7. The van der Waals surface area contributed by atoms with Crippen LogP contribution in [0.3, 0.4) is 0 Å². The Bertz CT molecular complexity index is 6130. The van der Waals surface area contributed by atoms with Crippen LogP contribution in [0.2, 0.25) is 0 Å². The van der Waals surface area contributed by atoms with Crippen molar-refractivity contribution in [2.45, 2.75) is 46.6 Å². The molecule has 115 heavy (non-hydrogen) atoms. The average molecular weight is 1640 g/mol. The second-order valence-corrected chi connectivity index (χ2v) is 28.0. The smallest absolute Gasteiger partial charge is 0.460 e. The lowest BCUT2D eigenvalue weighted by Crippen LogP contribution is -2.63. The zero-order valence-corrected chi connectivity index (χ0v) is 59.5. The topological polar surface area (TPSA) is 175 Å². The van der Waals surface area contributed by atoms with E-state index in [0.29, 0.717) is 51.2 Å². The van der Waals surface area contributed by atoms with Crippen LogP contribution < -0.4 is 4.18 Å². The van der Waals surface area contributed by atoms with Crippen LogP contribution in [0.1, 0.15) is 0 Å². The van der Waals surface area contributed by atoms with Crippen molar-refractivity contribution in [2.24, 2.45) is 0 Å². The maximum atomic E-state index is 14.7. The first-order valence-electron chi connectivity index (χ1n) is 33.3. The number of aromatic hydroxyl groups is 1. The predicted molar refractivity (Wildman–Crippen MR) is 392 cm³/mol. The van der Waals surface area contributed by atoms with Crippen LogP contribution in [0, 0.1) is 0 Å². The minimum atomic E-state index is -7.67. The molecule has 0 unspecified atom stereocenters. The minimum Gasteiger partial charge on any atom is -0.507 e. The van der Waals surface area contributed by atoms with E-state index < -0.39 is 72.6 Å². The predicted octanol–water partition coefficient (Wildman–Crippen LogP) is 23.3. The van der Waals surface area contributed by atoms with Gasteiger partial charge >= 0.3 is 66.9 Å². The van der Waals surface area contributed by atoms with E-state index in [-0.39, 0.29) is 28.1 Å². The molecule has 33 heteroatoms. The Hall–Kier alpha value is -12.7. The minimum absolute atomic E-state index is 0.0459. The number of phenolic OH excluding ortho intramolecular Hbond substituents is 1. The van der Waals surface area contributed by atoms with E-state index in [1.165, 1.54) is 42.5 Å². The summed E-state index contributed by atoms with van der Waals surface area (Å²) in [6, 6.07) is 88.1. The second-order valence-electron chi connectivity index (χ2n) is 25.0. The molecule has 2 aromatic heterocycles. The van der Waals surface area contributed by atoms with Gasteiger partial charge in [0.1, 0.15) is 5.75 Å². The fourth-order valence-corrected chi connectivity index (χ4v) is 13.0. The Morgan fingerprint density at radius 1 is 0.261 bits per heavy atom. The van der Waals surface area contributed by atoms with Crippen molar-refractivity contribution in [1.82, 2.24) is 29.9 Å². The fraction of sp³-hybridized carbons (Fsp3) is 0.0976. The molecule has 0 saturated carbocycles. The highest BCUT2D eigenvalue weighted by molar-refractivity contribution is 7.88. The Balaban J connectivity index is 0.000000183. The quantitative estimate of drug-likeness (QED) is 0.0490. The fourth-order valence-electron chi connectivity index (χ4n) is 11.6. The standard InChI is InChI=1S/C41H24F9N3O3S.C37H25N3O.C4F10O2S/c42-38(43,40(46,47)48)39(44,45)41(49,50)57(54,55)56-33-23-22-26-12-7-8-17-32(26)34(33)27-18-20-29(21-19-27)36-51-35(28-13-5-2-6-14-28)52-37(53-36)31-16-9-15-30(24-31)25-10-3-1-4-11-25;41-33-23-22-26-12-7-8-17-32(26)34(33)27-18-20-29(21-19-27)36-38-35(28-13-5-2-6-14-28)39-37(40-36)31-16-9-15-30(24-31)25-10-3-1-4-11-25;5-1(6,3(9,10)11)2(7,8)4(12,13)17(14,15)16/h1-24H;1-24,41H;. The number of phenols is 1. The van der Waals surface area contributed by atoms with E-state index in [9.17, 15) is 105 Å². The molecule has 0 saturated heterocycles. The van der Waals surface area contributed by atoms with Crippen LogP contribution >= 0.6 is 0 Å². The molecule has 14 aromatic rings. The van der Waals surface area contributed by atoms with Crippen molar-refractivity contribution in [3.8, 4) is 124 Å². The van der Waals surface area contributed by atoms with Gasteiger partial charge in [0.15, 0.2) is 40.7 Å². The number of hydrogen-bond donors (Lipinski definition) is 1. The zero-order chi connectivity index (χ0) is 82.9. The lowest BCUT2D eigenvalue weighted by atomic mass is 9.96. The molecule has 0 fully saturated rings. The Morgan fingerprint density at radius 3 is 0.904 bits per heavy atom. The van der Waals surface area contributed by atoms with Gasteiger partial charge in [-0.15, -0.1) is 0 Å². The molecule has 0 aliphatic heterocycles. The number of fused-ring (bicyclic) bond motifs is 2. The van der Waals surface area contributed by atoms with Crippen LogP contribution in [0.4, 0.5) is 82.9 Å². The molecule has 0 aliphatic rings. The van der Waals surface area contributed by atoms with Gasteiger partial charge in [0, 0.05) is 44.5 Å². The summed E-state index contributed by atoms with van der Waals surface area (Å²) >= 11 is 0. The summed E-state index contributed by atoms with van der Waals surface area (Å²) in [6.07, 6.45) is -14.4. The molecule has 0 amide bonds. The van der Waals surface area contributed by atoms with Gasteiger partial charge in [0.2, 0.25) is 0 Å². The van der Waals surface area contributed by atoms with Gasteiger partial charge in [-0.2, -0.15) is 95.9 Å². The summed E-state index contributed by atoms with van der Waals surface area (Å²) in [5, 5.41) is -0.952. The van der Waals surface area contributed by atoms with Crippen molar-refractivity contribution in [2.75, 3.05) is 0 Å². The maximum absolute atomic E-state index is 14.7. The van der Waals surface area contributed by atoms with Crippen molar-refractivity contribution < 1.29 is 109 Å². The Morgan fingerprint density at radius 2 is 0.539 bits per heavy atom. The molecule has 2 heterocycles. The molecule has 0 spiro atoms. The maximum Gasteiger partial charge on any atom is 0.460 e. The first kappa shape index (κ1) is 81.8.